The van der Waals surface area contributed by atoms with E-state index in [1.54, 1.807) is 17.7 Å². The van der Waals surface area contributed by atoms with Crippen LogP contribution in [0, 0.1) is 0 Å². The van der Waals surface area contributed by atoms with E-state index < -0.39 is 0 Å². The first kappa shape index (κ1) is 16.0. The molecule has 2 unspecified atom stereocenters. The van der Waals surface area contributed by atoms with Gasteiger partial charge >= 0.3 is 0 Å². The average molecular weight is 332 g/mol. The second-order valence-electron chi connectivity index (χ2n) is 5.92. The van der Waals surface area contributed by atoms with Crippen molar-refractivity contribution in [2.24, 2.45) is 4.99 Å². The summed E-state index contributed by atoms with van der Waals surface area (Å²) < 4.78 is 1.98. The van der Waals surface area contributed by atoms with Crippen LogP contribution in [0.5, 0.6) is 0 Å². The lowest BCUT2D eigenvalue weighted by molar-refractivity contribution is 0.392. The average Bonchev–Trinajstić information content (AvgIpc) is 3.23. The molecule has 0 saturated carbocycles. The topological polar surface area (TPSA) is 67.1 Å². The number of aryl methyl sites for hydroxylation is 1. The highest BCUT2D eigenvalue weighted by atomic mass is 32.1. The number of aliphatic imine (C=N–C) groups is 1. The van der Waals surface area contributed by atoms with E-state index in [1.165, 1.54) is 5.56 Å². The van der Waals surface area contributed by atoms with Gasteiger partial charge in [0.2, 0.25) is 0 Å². The molecule has 0 fully saturated rings. The molecule has 0 saturated heterocycles. The summed E-state index contributed by atoms with van der Waals surface area (Å²) in [5.74, 6) is 2.41. The number of nitrogens with zero attached hydrogens (tertiary/aromatic N) is 4. The molecule has 2 aromatic heterocycles. The van der Waals surface area contributed by atoms with Gasteiger partial charge in [0.1, 0.15) is 12.2 Å². The third-order valence-corrected chi connectivity index (χ3v) is 4.83. The van der Waals surface area contributed by atoms with Crippen molar-refractivity contribution in [3.05, 3.63) is 34.5 Å². The highest BCUT2D eigenvalue weighted by molar-refractivity contribution is 7.07. The molecule has 23 heavy (non-hydrogen) atoms. The predicted molar refractivity (Wildman–Crippen MR) is 94.0 cm³/mol. The van der Waals surface area contributed by atoms with Crippen molar-refractivity contribution >= 4 is 17.3 Å². The van der Waals surface area contributed by atoms with Crippen LogP contribution in [0.4, 0.5) is 0 Å². The number of guanidine groups is 1. The molecular formula is C16H24N6S. The van der Waals surface area contributed by atoms with E-state index in [1.807, 2.05) is 4.68 Å². The van der Waals surface area contributed by atoms with Crippen molar-refractivity contribution in [2.75, 3.05) is 13.1 Å². The Morgan fingerprint density at radius 3 is 3.26 bits per heavy atom. The van der Waals surface area contributed by atoms with Gasteiger partial charge in [-0.05, 0) is 35.7 Å². The van der Waals surface area contributed by atoms with Gasteiger partial charge in [0.15, 0.2) is 5.96 Å². The third kappa shape index (κ3) is 4.10. The van der Waals surface area contributed by atoms with Gasteiger partial charge in [0.05, 0.1) is 6.54 Å². The lowest BCUT2D eigenvalue weighted by Gasteiger charge is -2.25. The van der Waals surface area contributed by atoms with Crippen LogP contribution in [0.2, 0.25) is 0 Å². The van der Waals surface area contributed by atoms with Gasteiger partial charge < -0.3 is 10.6 Å². The fourth-order valence-corrected chi connectivity index (χ4v) is 3.54. The molecule has 2 atom stereocenters. The number of thiophene rings is 1. The first-order valence-corrected chi connectivity index (χ1v) is 9.14. The summed E-state index contributed by atoms with van der Waals surface area (Å²) in [6.45, 7) is 6.81. The van der Waals surface area contributed by atoms with Crippen LogP contribution in [0.1, 0.15) is 37.6 Å². The molecule has 0 aromatic carbocycles. The van der Waals surface area contributed by atoms with Gasteiger partial charge in [-0.3, -0.25) is 4.99 Å². The van der Waals surface area contributed by atoms with Gasteiger partial charge in [0.25, 0.3) is 0 Å². The minimum atomic E-state index is 0.346. The quantitative estimate of drug-likeness (QED) is 0.649. The Bertz CT molecular complexity index is 633. The molecule has 6 nitrogen and oxygen atoms in total. The first-order chi connectivity index (χ1) is 11.3. The molecule has 0 aliphatic carbocycles. The number of hydrogen-bond acceptors (Lipinski definition) is 4. The van der Waals surface area contributed by atoms with Gasteiger partial charge in [-0.1, -0.05) is 6.92 Å². The Kier molecular flexibility index (Phi) is 5.27. The molecule has 1 aliphatic rings. The second-order valence-corrected chi connectivity index (χ2v) is 6.70. The Labute approximate surface area is 141 Å². The number of fused-ring (bicyclic) bond motifs is 1. The first-order valence-electron chi connectivity index (χ1n) is 8.20. The zero-order chi connectivity index (χ0) is 16.1. The Balaban J connectivity index is 1.59. The largest absolute Gasteiger partial charge is 0.357 e. The van der Waals surface area contributed by atoms with E-state index in [0.717, 1.165) is 44.3 Å². The molecule has 0 bridgehead atoms. The van der Waals surface area contributed by atoms with Crippen LogP contribution in [0.25, 0.3) is 0 Å². The van der Waals surface area contributed by atoms with Gasteiger partial charge in [-0.25, -0.2) is 9.67 Å². The summed E-state index contributed by atoms with van der Waals surface area (Å²) in [5, 5.41) is 15.5. The van der Waals surface area contributed by atoms with Crippen molar-refractivity contribution in [3.63, 3.8) is 0 Å². The summed E-state index contributed by atoms with van der Waals surface area (Å²) in [7, 11) is 0. The van der Waals surface area contributed by atoms with Crippen LogP contribution in [0.3, 0.4) is 0 Å². The van der Waals surface area contributed by atoms with Crippen molar-refractivity contribution in [1.29, 1.82) is 0 Å². The molecule has 3 heterocycles. The highest BCUT2D eigenvalue weighted by Crippen LogP contribution is 2.18. The van der Waals surface area contributed by atoms with Gasteiger partial charge in [-0.15, -0.1) is 0 Å². The van der Waals surface area contributed by atoms with Crippen LogP contribution in [-0.4, -0.2) is 39.9 Å². The minimum absolute atomic E-state index is 0.346. The SMILES string of the molecule is CCNC(=NCC(C)c1ccsc1)NC1CCc2ncnn2C1. The number of rotatable bonds is 5. The third-order valence-electron chi connectivity index (χ3n) is 4.13. The molecular weight excluding hydrogens is 308 g/mol. The molecule has 124 valence electrons. The van der Waals surface area contributed by atoms with Crippen LogP contribution >= 0.6 is 11.3 Å². The van der Waals surface area contributed by atoms with Crippen LogP contribution in [0.15, 0.2) is 28.1 Å². The molecule has 0 spiro atoms. The van der Waals surface area contributed by atoms with Crippen molar-refractivity contribution in [2.45, 2.75) is 45.2 Å². The number of aromatic nitrogens is 3. The number of nitrogens with one attached hydrogen (secondary N) is 2. The Morgan fingerprint density at radius 1 is 1.57 bits per heavy atom. The van der Waals surface area contributed by atoms with Crippen molar-refractivity contribution in [3.8, 4) is 0 Å². The summed E-state index contributed by atoms with van der Waals surface area (Å²) >= 11 is 1.74. The van der Waals surface area contributed by atoms with Crippen molar-refractivity contribution in [1.82, 2.24) is 25.4 Å². The summed E-state index contributed by atoms with van der Waals surface area (Å²) in [6, 6.07) is 2.52. The molecule has 2 aromatic rings. The van der Waals surface area contributed by atoms with Crippen molar-refractivity contribution < 1.29 is 0 Å². The molecule has 7 heteroatoms. The maximum Gasteiger partial charge on any atom is 0.191 e. The monoisotopic (exact) mass is 332 g/mol. The summed E-state index contributed by atoms with van der Waals surface area (Å²) in [5.41, 5.74) is 1.36. The standard InChI is InChI=1S/C16H24N6S/c1-3-17-16(18-8-12(2)13-6-7-23-10-13)21-14-4-5-15-19-11-20-22(15)9-14/h6-7,10-12,14H,3-5,8-9H2,1-2H3,(H2,17,18,21). The highest BCUT2D eigenvalue weighted by Gasteiger charge is 2.20. The van der Waals surface area contributed by atoms with E-state index in [2.05, 4.69) is 51.4 Å². The van der Waals surface area contributed by atoms with E-state index in [-0.39, 0.29) is 0 Å². The zero-order valence-corrected chi connectivity index (χ0v) is 14.5. The van der Waals surface area contributed by atoms with Crippen LogP contribution in [-0.2, 0) is 13.0 Å². The van der Waals surface area contributed by atoms with Gasteiger partial charge in [-0.2, -0.15) is 16.4 Å². The van der Waals surface area contributed by atoms with Gasteiger partial charge in [0, 0.05) is 31.5 Å². The Hall–Kier alpha value is -1.89. The molecule has 0 amide bonds. The maximum atomic E-state index is 4.76. The normalized spacial score (nSPS) is 19.2. The second kappa shape index (κ2) is 7.59. The molecule has 2 N–H and O–H groups in total. The molecule has 0 radical (unpaired) electrons. The zero-order valence-electron chi connectivity index (χ0n) is 13.7. The summed E-state index contributed by atoms with van der Waals surface area (Å²) in [6.07, 6.45) is 3.66. The summed E-state index contributed by atoms with van der Waals surface area (Å²) in [4.78, 5) is 9.03. The smallest absolute Gasteiger partial charge is 0.191 e. The fourth-order valence-electron chi connectivity index (χ4n) is 2.76. The van der Waals surface area contributed by atoms with E-state index >= 15 is 0 Å². The minimum Gasteiger partial charge on any atom is -0.357 e. The van der Waals surface area contributed by atoms with E-state index in [9.17, 15) is 0 Å². The van der Waals surface area contributed by atoms with Crippen LogP contribution < -0.4 is 10.6 Å². The van der Waals surface area contributed by atoms with E-state index in [0.29, 0.717) is 12.0 Å². The lowest BCUT2D eigenvalue weighted by atomic mass is 10.1. The molecule has 1 aliphatic heterocycles. The maximum absolute atomic E-state index is 4.76. The molecule has 3 rings (SSSR count). The number of hydrogen-bond donors (Lipinski definition) is 2. The predicted octanol–water partition coefficient (Wildman–Crippen LogP) is 2.01. The lowest BCUT2D eigenvalue weighted by Crippen LogP contribution is -2.47. The Morgan fingerprint density at radius 2 is 2.48 bits per heavy atom. The fraction of sp³-hybridized carbons (Fsp3) is 0.562. The van der Waals surface area contributed by atoms with E-state index in [4.69, 9.17) is 4.99 Å².